The molecule has 66 valence electrons. The Morgan fingerprint density at radius 2 is 1.77 bits per heavy atom. The van der Waals surface area contributed by atoms with E-state index in [4.69, 9.17) is 0 Å². The molecule has 1 aliphatic carbocycles. The van der Waals surface area contributed by atoms with E-state index in [1.807, 2.05) is 12.1 Å². The van der Waals surface area contributed by atoms with Gasteiger partial charge in [-0.3, -0.25) is 0 Å². The standard InChI is InChI=1S/C12H11F/c13-12-8-6-11(7-9-12)10-4-2-1-3-5-10/h2,4-9H,1,3H2. The number of benzene rings is 1. The number of halogens is 1. The van der Waals surface area contributed by atoms with Crippen molar-refractivity contribution in [2.75, 3.05) is 0 Å². The first-order chi connectivity index (χ1) is 6.36. The third kappa shape index (κ3) is 1.86. The highest BCUT2D eigenvalue weighted by Crippen LogP contribution is 2.21. The van der Waals surface area contributed by atoms with Gasteiger partial charge in [-0.05, 0) is 36.1 Å². The van der Waals surface area contributed by atoms with Crippen LogP contribution >= 0.6 is 0 Å². The van der Waals surface area contributed by atoms with Crippen LogP contribution in [0.5, 0.6) is 0 Å². The van der Waals surface area contributed by atoms with Crippen molar-refractivity contribution in [1.29, 1.82) is 0 Å². The maximum atomic E-state index is 12.6. The first-order valence-corrected chi connectivity index (χ1v) is 4.49. The summed E-state index contributed by atoms with van der Waals surface area (Å²) in [5, 5.41) is 0. The second-order valence-corrected chi connectivity index (χ2v) is 3.15. The summed E-state index contributed by atoms with van der Waals surface area (Å²) in [5.74, 6) is -0.177. The first kappa shape index (κ1) is 8.24. The van der Waals surface area contributed by atoms with Crippen LogP contribution in [0.2, 0.25) is 0 Å². The van der Waals surface area contributed by atoms with Gasteiger partial charge in [0.15, 0.2) is 0 Å². The van der Waals surface area contributed by atoms with Crippen LogP contribution < -0.4 is 0 Å². The molecular weight excluding hydrogens is 163 g/mol. The molecule has 0 aliphatic heterocycles. The lowest BCUT2D eigenvalue weighted by atomic mass is 10.00. The maximum Gasteiger partial charge on any atom is 0.123 e. The summed E-state index contributed by atoms with van der Waals surface area (Å²) >= 11 is 0. The Morgan fingerprint density at radius 3 is 2.38 bits per heavy atom. The van der Waals surface area contributed by atoms with Crippen molar-refractivity contribution in [2.45, 2.75) is 12.8 Å². The highest BCUT2D eigenvalue weighted by atomic mass is 19.1. The number of hydrogen-bond acceptors (Lipinski definition) is 0. The second kappa shape index (κ2) is 3.56. The summed E-state index contributed by atoms with van der Waals surface area (Å²) < 4.78 is 12.6. The first-order valence-electron chi connectivity index (χ1n) is 4.49. The minimum Gasteiger partial charge on any atom is -0.207 e. The zero-order valence-corrected chi connectivity index (χ0v) is 7.33. The second-order valence-electron chi connectivity index (χ2n) is 3.15. The van der Waals surface area contributed by atoms with Gasteiger partial charge in [0.1, 0.15) is 5.82 Å². The Bertz CT molecular complexity index is 344. The third-order valence-corrected chi connectivity index (χ3v) is 2.17. The molecule has 0 radical (unpaired) electrons. The van der Waals surface area contributed by atoms with E-state index >= 15 is 0 Å². The molecule has 0 N–H and O–H groups in total. The molecule has 0 heterocycles. The molecule has 0 fully saturated rings. The minimum atomic E-state index is -0.177. The van der Waals surface area contributed by atoms with Gasteiger partial charge in [-0.25, -0.2) is 4.39 Å². The summed E-state index contributed by atoms with van der Waals surface area (Å²) in [4.78, 5) is 0. The van der Waals surface area contributed by atoms with E-state index in [2.05, 4.69) is 18.2 Å². The number of allylic oxidation sites excluding steroid dienone is 4. The zero-order valence-electron chi connectivity index (χ0n) is 7.33. The van der Waals surface area contributed by atoms with Crippen molar-refractivity contribution in [1.82, 2.24) is 0 Å². The SMILES string of the molecule is Fc1ccc(C2=CCCC=C2)cc1. The molecule has 0 nitrogen and oxygen atoms in total. The quantitative estimate of drug-likeness (QED) is 0.610. The van der Waals surface area contributed by atoms with Crippen molar-refractivity contribution in [3.05, 3.63) is 53.9 Å². The van der Waals surface area contributed by atoms with E-state index < -0.39 is 0 Å². The topological polar surface area (TPSA) is 0 Å². The molecule has 0 saturated carbocycles. The number of rotatable bonds is 1. The smallest absolute Gasteiger partial charge is 0.123 e. The molecule has 0 unspecified atom stereocenters. The fourth-order valence-corrected chi connectivity index (χ4v) is 1.47. The average Bonchev–Trinajstić information content (AvgIpc) is 2.20. The largest absolute Gasteiger partial charge is 0.207 e. The molecule has 1 aliphatic rings. The van der Waals surface area contributed by atoms with Gasteiger partial charge in [0.05, 0.1) is 0 Å². The van der Waals surface area contributed by atoms with Crippen molar-refractivity contribution in [3.63, 3.8) is 0 Å². The van der Waals surface area contributed by atoms with Gasteiger partial charge in [-0.1, -0.05) is 30.4 Å². The van der Waals surface area contributed by atoms with Gasteiger partial charge in [0.25, 0.3) is 0 Å². The highest BCUT2D eigenvalue weighted by Gasteiger charge is 2.00. The monoisotopic (exact) mass is 174 g/mol. The van der Waals surface area contributed by atoms with Gasteiger partial charge in [-0.15, -0.1) is 0 Å². The minimum absolute atomic E-state index is 0.177. The summed E-state index contributed by atoms with van der Waals surface area (Å²) in [6.07, 6.45) is 8.64. The van der Waals surface area contributed by atoms with Crippen molar-refractivity contribution < 1.29 is 4.39 Å². The van der Waals surface area contributed by atoms with Crippen LogP contribution in [0.4, 0.5) is 4.39 Å². The molecule has 0 aromatic heterocycles. The zero-order chi connectivity index (χ0) is 9.10. The van der Waals surface area contributed by atoms with Crippen molar-refractivity contribution in [3.8, 4) is 0 Å². The van der Waals surface area contributed by atoms with Gasteiger partial charge in [0, 0.05) is 0 Å². The van der Waals surface area contributed by atoms with Crippen LogP contribution in [-0.2, 0) is 0 Å². The van der Waals surface area contributed by atoms with Gasteiger partial charge in [0.2, 0.25) is 0 Å². The van der Waals surface area contributed by atoms with Crippen LogP contribution in [-0.4, -0.2) is 0 Å². The van der Waals surface area contributed by atoms with E-state index in [0.717, 1.165) is 18.4 Å². The fraction of sp³-hybridized carbons (Fsp3) is 0.167. The Morgan fingerprint density at radius 1 is 1.00 bits per heavy atom. The predicted molar refractivity (Wildman–Crippen MR) is 52.8 cm³/mol. The molecule has 1 aromatic rings. The van der Waals surface area contributed by atoms with Crippen molar-refractivity contribution in [2.24, 2.45) is 0 Å². The lowest BCUT2D eigenvalue weighted by Gasteiger charge is -2.06. The van der Waals surface area contributed by atoms with E-state index in [0.29, 0.717) is 0 Å². The molecule has 2 rings (SSSR count). The molecule has 1 aromatic carbocycles. The molecule has 0 spiro atoms. The molecule has 1 heteroatoms. The average molecular weight is 174 g/mol. The Balaban J connectivity index is 2.30. The van der Waals surface area contributed by atoms with Gasteiger partial charge >= 0.3 is 0 Å². The summed E-state index contributed by atoms with van der Waals surface area (Å²) in [5.41, 5.74) is 2.30. The molecule has 0 bridgehead atoms. The predicted octanol–water partition coefficient (Wildman–Crippen LogP) is 3.56. The van der Waals surface area contributed by atoms with Gasteiger partial charge < -0.3 is 0 Å². The number of hydrogen-bond donors (Lipinski definition) is 0. The maximum absolute atomic E-state index is 12.6. The molecule has 0 saturated heterocycles. The van der Waals surface area contributed by atoms with E-state index in [1.165, 1.54) is 17.7 Å². The molecular formula is C12H11F. The van der Waals surface area contributed by atoms with Crippen LogP contribution in [0.15, 0.2) is 42.5 Å². The molecule has 0 amide bonds. The normalized spacial score (nSPS) is 15.6. The third-order valence-electron chi connectivity index (χ3n) is 2.17. The van der Waals surface area contributed by atoms with Crippen molar-refractivity contribution >= 4 is 5.57 Å². The van der Waals surface area contributed by atoms with Crippen LogP contribution in [0.25, 0.3) is 5.57 Å². The van der Waals surface area contributed by atoms with E-state index in [9.17, 15) is 4.39 Å². The lowest BCUT2D eigenvalue weighted by molar-refractivity contribution is 0.627. The van der Waals surface area contributed by atoms with Crippen LogP contribution in [0.1, 0.15) is 18.4 Å². The highest BCUT2D eigenvalue weighted by molar-refractivity contribution is 5.74. The molecule has 0 atom stereocenters. The van der Waals surface area contributed by atoms with E-state index in [-0.39, 0.29) is 5.82 Å². The molecule has 13 heavy (non-hydrogen) atoms. The van der Waals surface area contributed by atoms with Crippen LogP contribution in [0.3, 0.4) is 0 Å². The summed E-state index contributed by atoms with van der Waals surface area (Å²) in [6.45, 7) is 0. The van der Waals surface area contributed by atoms with Crippen LogP contribution in [0, 0.1) is 5.82 Å². The lowest BCUT2D eigenvalue weighted by Crippen LogP contribution is -1.85. The summed E-state index contributed by atoms with van der Waals surface area (Å²) in [7, 11) is 0. The fourth-order valence-electron chi connectivity index (χ4n) is 1.47. The summed E-state index contributed by atoms with van der Waals surface area (Å²) in [6, 6.07) is 6.63. The Kier molecular flexibility index (Phi) is 2.26. The Hall–Kier alpha value is -1.37. The van der Waals surface area contributed by atoms with Gasteiger partial charge in [-0.2, -0.15) is 0 Å². The van der Waals surface area contributed by atoms with E-state index in [1.54, 1.807) is 0 Å². The Labute approximate surface area is 77.4 Å².